The van der Waals surface area contributed by atoms with Gasteiger partial charge in [0.1, 0.15) is 0 Å². The summed E-state index contributed by atoms with van der Waals surface area (Å²) in [5.41, 5.74) is 3.17. The van der Waals surface area contributed by atoms with E-state index in [-0.39, 0.29) is 12.3 Å². The van der Waals surface area contributed by atoms with Crippen molar-refractivity contribution < 1.29 is 27.6 Å². The van der Waals surface area contributed by atoms with E-state index in [1.54, 1.807) is 0 Å². The second kappa shape index (κ2) is 10.6. The molecule has 2 N–H and O–H groups in total. The summed E-state index contributed by atoms with van der Waals surface area (Å²) in [4.78, 5) is 1.84. The van der Waals surface area contributed by atoms with E-state index in [0.717, 1.165) is 17.7 Å². The molecule has 1 atom stereocenters. The molecule has 1 aromatic carbocycles. The number of hydrogen-bond donors (Lipinski definition) is 2. The van der Waals surface area contributed by atoms with E-state index in [1.807, 2.05) is 17.0 Å². The predicted octanol–water partition coefficient (Wildman–Crippen LogP) is 1.80. The van der Waals surface area contributed by atoms with Gasteiger partial charge >= 0.3 is 146 Å². The maximum atomic E-state index is 11.0. The van der Waals surface area contributed by atoms with Crippen LogP contribution >= 0.6 is 12.0 Å². The topological polar surface area (TPSA) is 96.3 Å². The summed E-state index contributed by atoms with van der Waals surface area (Å²) in [5.74, 6) is 0.103. The zero-order valence-electron chi connectivity index (χ0n) is 13.1. The molecule has 1 rings (SSSR count). The molecule has 0 bridgehead atoms. The Balaban J connectivity index is 2.76. The van der Waals surface area contributed by atoms with Gasteiger partial charge in [0.15, 0.2) is 0 Å². The van der Waals surface area contributed by atoms with Crippen LogP contribution in [-0.2, 0) is 19.5 Å². The van der Waals surface area contributed by atoms with E-state index < -0.39 is 24.8 Å². The first-order valence-corrected chi connectivity index (χ1v) is 13.6. The van der Waals surface area contributed by atoms with E-state index in [2.05, 4.69) is 34.1 Å². The second-order valence-corrected chi connectivity index (χ2v) is 12.5. The van der Waals surface area contributed by atoms with Crippen molar-refractivity contribution in [3.63, 3.8) is 0 Å². The summed E-state index contributed by atoms with van der Waals surface area (Å²) in [6.45, 7) is 2.83. The predicted molar refractivity (Wildman–Crippen MR) is 94.1 cm³/mol. The number of hydrogen-bond acceptors (Lipinski definition) is 7. The monoisotopic (exact) mass is 427 g/mol. The fraction of sp³-hybridized carbons (Fsp3) is 0.538. The molecule has 1 aromatic rings. The molecule has 0 amide bonds. The molecule has 7 nitrogen and oxygen atoms in total. The van der Waals surface area contributed by atoms with Crippen molar-refractivity contribution in [1.82, 2.24) is 0 Å². The van der Waals surface area contributed by atoms with Crippen LogP contribution in [0.25, 0.3) is 0 Å². The minimum atomic E-state index is -4.03. The first-order chi connectivity index (χ1) is 10.9. The molecule has 0 fully saturated rings. The normalized spacial score (nSPS) is 13.0. The van der Waals surface area contributed by atoms with E-state index in [9.17, 15) is 8.42 Å². The van der Waals surface area contributed by atoms with Crippen LogP contribution < -0.4 is 9.25 Å². The van der Waals surface area contributed by atoms with Gasteiger partial charge in [-0.1, -0.05) is 0 Å². The van der Waals surface area contributed by atoms with Gasteiger partial charge in [0.2, 0.25) is 0 Å². The fourth-order valence-electron chi connectivity index (χ4n) is 1.90. The molecule has 0 saturated heterocycles. The summed E-state index contributed by atoms with van der Waals surface area (Å²) in [6.07, 6.45) is 0. The Morgan fingerprint density at radius 3 is 2.43 bits per heavy atom. The standard InChI is InChI=1S/C13H22AsNO6S2/c1-3-14(2)12-4-6-13(7-5-12)15(8-10-22-21-20-16)9-11-23(17,18)19/h4-7,16H,3,8-11H2,1-2H3,(H,17,18,19). The molecule has 0 saturated carbocycles. The van der Waals surface area contributed by atoms with Gasteiger partial charge in [-0.25, -0.2) is 0 Å². The molecule has 1 unspecified atom stereocenters. The third kappa shape index (κ3) is 8.39. The van der Waals surface area contributed by atoms with Crippen LogP contribution in [0.15, 0.2) is 24.3 Å². The Labute approximate surface area is 146 Å². The van der Waals surface area contributed by atoms with Crippen LogP contribution in [0.4, 0.5) is 5.69 Å². The van der Waals surface area contributed by atoms with Crippen molar-refractivity contribution in [2.24, 2.45) is 0 Å². The van der Waals surface area contributed by atoms with Crippen LogP contribution in [0, 0.1) is 0 Å². The number of benzene rings is 1. The Kier molecular flexibility index (Phi) is 9.53. The minimum absolute atomic E-state index is 0.167. The van der Waals surface area contributed by atoms with Crippen LogP contribution in [0.1, 0.15) is 6.92 Å². The van der Waals surface area contributed by atoms with Crippen LogP contribution in [-0.4, -0.2) is 57.5 Å². The van der Waals surface area contributed by atoms with E-state index in [0.29, 0.717) is 12.3 Å². The second-order valence-electron chi connectivity index (χ2n) is 4.77. The van der Waals surface area contributed by atoms with E-state index in [4.69, 9.17) is 9.81 Å². The van der Waals surface area contributed by atoms with Gasteiger partial charge in [-0.2, -0.15) is 0 Å². The zero-order valence-corrected chi connectivity index (χ0v) is 16.6. The van der Waals surface area contributed by atoms with E-state index in [1.165, 1.54) is 9.56 Å². The SMILES string of the molecule is CC[As](C)c1ccc(N(CCSOOO)CCS(=O)(=O)O)cc1. The van der Waals surface area contributed by atoms with Crippen molar-refractivity contribution in [2.75, 3.05) is 29.5 Å². The third-order valence-electron chi connectivity index (χ3n) is 3.27. The molecule has 0 aliphatic heterocycles. The van der Waals surface area contributed by atoms with Crippen LogP contribution in [0.2, 0.25) is 10.9 Å². The number of rotatable bonds is 11. The van der Waals surface area contributed by atoms with Crippen LogP contribution in [0.3, 0.4) is 0 Å². The summed E-state index contributed by atoms with van der Waals surface area (Å²) >= 11 is -0.0545. The molecular weight excluding hydrogens is 405 g/mol. The third-order valence-corrected chi connectivity index (χ3v) is 8.94. The quantitative estimate of drug-likeness (QED) is 0.138. The zero-order chi connectivity index (χ0) is 17.3. The first kappa shape index (κ1) is 20.8. The Morgan fingerprint density at radius 2 is 1.91 bits per heavy atom. The molecule has 0 heterocycles. The molecule has 0 aliphatic carbocycles. The van der Waals surface area contributed by atoms with Gasteiger partial charge in [0, 0.05) is 0 Å². The first-order valence-electron chi connectivity index (χ1n) is 6.98. The summed E-state index contributed by atoms with van der Waals surface area (Å²) in [5, 5.41) is 12.8. The summed E-state index contributed by atoms with van der Waals surface area (Å²) in [6, 6.07) is 8.10. The average Bonchev–Trinajstić information content (AvgIpc) is 2.52. The Bertz CT molecular complexity index is 554. The van der Waals surface area contributed by atoms with Crippen LogP contribution in [0.5, 0.6) is 0 Å². The van der Waals surface area contributed by atoms with Gasteiger partial charge in [0.25, 0.3) is 0 Å². The Morgan fingerprint density at radius 1 is 1.26 bits per heavy atom. The molecule has 0 radical (unpaired) electrons. The molecule has 23 heavy (non-hydrogen) atoms. The number of anilines is 1. The van der Waals surface area contributed by atoms with Gasteiger partial charge < -0.3 is 0 Å². The maximum absolute atomic E-state index is 11.0. The Hall–Kier alpha value is -0.282. The molecular formula is C13H22AsNO6S2. The summed E-state index contributed by atoms with van der Waals surface area (Å²) in [7, 11) is -4.03. The summed E-state index contributed by atoms with van der Waals surface area (Å²) < 4.78 is 36.6. The molecule has 10 heteroatoms. The van der Waals surface area contributed by atoms with Crippen molar-refractivity contribution >= 4 is 46.9 Å². The van der Waals surface area contributed by atoms with Crippen molar-refractivity contribution in [3.8, 4) is 0 Å². The fourth-order valence-corrected chi connectivity index (χ4v) is 4.90. The van der Waals surface area contributed by atoms with E-state index >= 15 is 0 Å². The van der Waals surface area contributed by atoms with Crippen molar-refractivity contribution in [3.05, 3.63) is 24.3 Å². The molecule has 0 aliphatic rings. The van der Waals surface area contributed by atoms with Crippen molar-refractivity contribution in [1.29, 1.82) is 0 Å². The van der Waals surface area contributed by atoms with Crippen molar-refractivity contribution in [2.45, 2.75) is 17.8 Å². The van der Waals surface area contributed by atoms with Gasteiger partial charge in [-0.05, 0) is 0 Å². The molecule has 132 valence electrons. The van der Waals surface area contributed by atoms with Gasteiger partial charge in [-0.3, -0.25) is 0 Å². The number of nitrogens with zero attached hydrogens (tertiary/aromatic N) is 1. The molecule has 0 spiro atoms. The van der Waals surface area contributed by atoms with Gasteiger partial charge in [-0.15, -0.1) is 0 Å². The molecule has 0 aromatic heterocycles. The average molecular weight is 427 g/mol. The van der Waals surface area contributed by atoms with Gasteiger partial charge in [0.05, 0.1) is 0 Å².